The maximum atomic E-state index is 12.9. The Bertz CT molecular complexity index is 850. The van der Waals surface area contributed by atoms with Gasteiger partial charge in [0.2, 0.25) is 11.8 Å². The van der Waals surface area contributed by atoms with Crippen LogP contribution >= 0.6 is 0 Å². The number of rotatable bonds is 7. The topological polar surface area (TPSA) is 65.1 Å². The molecule has 1 saturated heterocycles. The molecule has 7 nitrogen and oxygen atoms in total. The summed E-state index contributed by atoms with van der Waals surface area (Å²) in [6, 6.07) is 13.5. The van der Waals surface area contributed by atoms with E-state index in [0.717, 1.165) is 24.5 Å². The third kappa shape index (κ3) is 5.93. The van der Waals surface area contributed by atoms with E-state index < -0.39 is 0 Å². The van der Waals surface area contributed by atoms with Gasteiger partial charge >= 0.3 is 0 Å². The highest BCUT2D eigenvalue weighted by Crippen LogP contribution is 2.20. The van der Waals surface area contributed by atoms with E-state index in [1.165, 1.54) is 24.3 Å². The third-order valence-corrected chi connectivity index (χ3v) is 5.02. The van der Waals surface area contributed by atoms with Gasteiger partial charge < -0.3 is 19.9 Å². The first-order chi connectivity index (χ1) is 14.4. The maximum Gasteiger partial charge on any atom is 0.238 e. The normalized spacial score (nSPS) is 14.0. The first-order valence-corrected chi connectivity index (χ1v) is 9.85. The van der Waals surface area contributed by atoms with Crippen LogP contribution in [0.4, 0.5) is 15.8 Å². The summed E-state index contributed by atoms with van der Waals surface area (Å²) in [4.78, 5) is 30.5. The summed E-state index contributed by atoms with van der Waals surface area (Å²) in [6.45, 7) is 3.04. The van der Waals surface area contributed by atoms with Crippen LogP contribution in [0, 0.1) is 5.82 Å². The summed E-state index contributed by atoms with van der Waals surface area (Å²) in [5.74, 6) is 0.213. The second kappa shape index (κ2) is 10.1. The molecule has 0 atom stereocenters. The van der Waals surface area contributed by atoms with Crippen LogP contribution in [0.25, 0.3) is 0 Å². The van der Waals surface area contributed by atoms with E-state index in [-0.39, 0.29) is 30.7 Å². The Morgan fingerprint density at radius 3 is 2.23 bits per heavy atom. The van der Waals surface area contributed by atoms with Gasteiger partial charge in [-0.1, -0.05) is 0 Å². The van der Waals surface area contributed by atoms with Crippen molar-refractivity contribution in [2.45, 2.75) is 0 Å². The Morgan fingerprint density at radius 1 is 1.00 bits per heavy atom. The van der Waals surface area contributed by atoms with Crippen molar-refractivity contribution in [2.75, 3.05) is 63.6 Å². The van der Waals surface area contributed by atoms with Crippen LogP contribution in [-0.4, -0.2) is 75.0 Å². The van der Waals surface area contributed by atoms with E-state index >= 15 is 0 Å². The quantitative estimate of drug-likeness (QED) is 0.751. The highest BCUT2D eigenvalue weighted by Gasteiger charge is 2.22. The highest BCUT2D eigenvalue weighted by molar-refractivity contribution is 5.92. The molecule has 1 aliphatic rings. The molecule has 1 aliphatic heterocycles. The van der Waals surface area contributed by atoms with Crippen molar-refractivity contribution in [1.29, 1.82) is 0 Å². The number of anilines is 2. The minimum absolute atomic E-state index is 0.00135. The van der Waals surface area contributed by atoms with Gasteiger partial charge in [0.05, 0.1) is 20.2 Å². The highest BCUT2D eigenvalue weighted by atomic mass is 19.1. The van der Waals surface area contributed by atoms with Crippen LogP contribution in [0.2, 0.25) is 0 Å². The molecule has 0 aliphatic carbocycles. The van der Waals surface area contributed by atoms with E-state index in [2.05, 4.69) is 10.2 Å². The van der Waals surface area contributed by atoms with Crippen LogP contribution in [0.5, 0.6) is 5.75 Å². The number of methoxy groups -OCH3 is 1. The molecule has 3 rings (SSSR count). The molecule has 1 N–H and O–H groups in total. The second-order valence-corrected chi connectivity index (χ2v) is 7.29. The number of likely N-dealkylation sites (N-methyl/N-ethyl adjacent to an activating group) is 1. The average molecular weight is 414 g/mol. The third-order valence-electron chi connectivity index (χ3n) is 5.02. The van der Waals surface area contributed by atoms with Crippen molar-refractivity contribution in [3.8, 4) is 5.75 Å². The van der Waals surface area contributed by atoms with Crippen LogP contribution < -0.4 is 15.0 Å². The Morgan fingerprint density at radius 2 is 1.63 bits per heavy atom. The molecule has 0 spiro atoms. The van der Waals surface area contributed by atoms with Gasteiger partial charge in [0.1, 0.15) is 11.6 Å². The number of hydrogen-bond acceptors (Lipinski definition) is 5. The number of nitrogens with one attached hydrogen (secondary N) is 1. The molecule has 0 bridgehead atoms. The van der Waals surface area contributed by atoms with Gasteiger partial charge in [-0.25, -0.2) is 4.39 Å². The monoisotopic (exact) mass is 414 g/mol. The van der Waals surface area contributed by atoms with Gasteiger partial charge in [-0.2, -0.15) is 0 Å². The fraction of sp³-hybridized carbons (Fsp3) is 0.364. The van der Waals surface area contributed by atoms with Gasteiger partial charge in [-0.15, -0.1) is 0 Å². The predicted octanol–water partition coefficient (Wildman–Crippen LogP) is 2.05. The van der Waals surface area contributed by atoms with E-state index in [0.29, 0.717) is 18.8 Å². The molecule has 0 saturated carbocycles. The summed E-state index contributed by atoms with van der Waals surface area (Å²) < 4.78 is 18.1. The molecule has 1 fully saturated rings. The number of carbonyl (C=O) groups is 2. The number of nitrogens with zero attached hydrogens (tertiary/aromatic N) is 3. The number of piperazine rings is 1. The zero-order valence-corrected chi connectivity index (χ0v) is 17.3. The minimum Gasteiger partial charge on any atom is -0.497 e. The van der Waals surface area contributed by atoms with Gasteiger partial charge in [-0.3, -0.25) is 14.5 Å². The first kappa shape index (κ1) is 21.6. The number of ether oxygens (including phenoxy) is 1. The van der Waals surface area contributed by atoms with E-state index in [4.69, 9.17) is 4.74 Å². The van der Waals surface area contributed by atoms with Gasteiger partial charge in [0.25, 0.3) is 0 Å². The fourth-order valence-corrected chi connectivity index (χ4v) is 3.37. The zero-order valence-electron chi connectivity index (χ0n) is 17.3. The predicted molar refractivity (Wildman–Crippen MR) is 114 cm³/mol. The lowest BCUT2D eigenvalue weighted by Crippen LogP contribution is -2.51. The maximum absolute atomic E-state index is 12.9. The van der Waals surface area contributed by atoms with Crippen LogP contribution in [0.1, 0.15) is 0 Å². The molecular weight excluding hydrogens is 387 g/mol. The number of carbonyl (C=O) groups excluding carboxylic acids is 2. The lowest BCUT2D eigenvalue weighted by Gasteiger charge is -2.36. The first-order valence-electron chi connectivity index (χ1n) is 9.85. The molecule has 1 heterocycles. The molecule has 8 heteroatoms. The lowest BCUT2D eigenvalue weighted by molar-refractivity contribution is -0.132. The second-order valence-electron chi connectivity index (χ2n) is 7.29. The van der Waals surface area contributed by atoms with E-state index in [1.807, 2.05) is 29.2 Å². The van der Waals surface area contributed by atoms with Crippen molar-refractivity contribution in [3.05, 3.63) is 54.3 Å². The van der Waals surface area contributed by atoms with Crippen LogP contribution in [-0.2, 0) is 9.59 Å². The Balaban J connectivity index is 1.42. The average Bonchev–Trinajstić information content (AvgIpc) is 2.75. The van der Waals surface area contributed by atoms with Gasteiger partial charge in [-0.05, 0) is 55.6 Å². The standard InChI is InChI=1S/C22H27FN4O3/c1-25(15-21(28)24-18-5-3-17(23)4-6-18)16-22(29)27-13-11-26(12-14-27)19-7-9-20(30-2)10-8-19/h3-10H,11-16H2,1-2H3,(H,24,28). The van der Waals surface area contributed by atoms with Crippen molar-refractivity contribution in [2.24, 2.45) is 0 Å². The summed E-state index contributed by atoms with van der Waals surface area (Å²) in [7, 11) is 3.37. The van der Waals surface area contributed by atoms with Crippen LogP contribution in [0.15, 0.2) is 48.5 Å². The summed E-state index contributed by atoms with van der Waals surface area (Å²) >= 11 is 0. The molecule has 160 valence electrons. The number of benzene rings is 2. The Labute approximate surface area is 176 Å². The van der Waals surface area contributed by atoms with E-state index in [9.17, 15) is 14.0 Å². The van der Waals surface area contributed by atoms with Crippen molar-refractivity contribution >= 4 is 23.2 Å². The van der Waals surface area contributed by atoms with Gasteiger partial charge in [0.15, 0.2) is 0 Å². The van der Waals surface area contributed by atoms with Crippen molar-refractivity contribution in [3.63, 3.8) is 0 Å². The molecule has 0 aromatic heterocycles. The number of amides is 2. The molecule has 2 amide bonds. The SMILES string of the molecule is COc1ccc(N2CCN(C(=O)CN(C)CC(=O)Nc3ccc(F)cc3)CC2)cc1. The molecule has 0 radical (unpaired) electrons. The van der Waals surface area contributed by atoms with Crippen molar-refractivity contribution in [1.82, 2.24) is 9.80 Å². The summed E-state index contributed by atoms with van der Waals surface area (Å²) in [5, 5.41) is 2.70. The number of hydrogen-bond donors (Lipinski definition) is 1. The zero-order chi connectivity index (χ0) is 21.5. The molecule has 2 aromatic rings. The molecule has 0 unspecified atom stereocenters. The van der Waals surface area contributed by atoms with Crippen LogP contribution in [0.3, 0.4) is 0 Å². The number of halogens is 1. The minimum atomic E-state index is -0.359. The largest absolute Gasteiger partial charge is 0.497 e. The Kier molecular flexibility index (Phi) is 7.24. The molecule has 2 aromatic carbocycles. The van der Waals surface area contributed by atoms with E-state index in [1.54, 1.807) is 19.1 Å². The fourth-order valence-electron chi connectivity index (χ4n) is 3.37. The molecule has 30 heavy (non-hydrogen) atoms. The van der Waals surface area contributed by atoms with Crippen molar-refractivity contribution < 1.29 is 18.7 Å². The lowest BCUT2D eigenvalue weighted by atomic mass is 10.2. The molecular formula is C22H27FN4O3. The van der Waals surface area contributed by atoms with Gasteiger partial charge in [0, 0.05) is 37.6 Å². The smallest absolute Gasteiger partial charge is 0.238 e. The summed E-state index contributed by atoms with van der Waals surface area (Å²) in [6.07, 6.45) is 0. The Hall–Kier alpha value is -3.13. The summed E-state index contributed by atoms with van der Waals surface area (Å²) in [5.41, 5.74) is 1.63.